The summed E-state index contributed by atoms with van der Waals surface area (Å²) in [5.74, 6) is 1.02. The first kappa shape index (κ1) is 14.6. The second-order valence-electron chi connectivity index (χ2n) is 6.60. The number of nitrogens with one attached hydrogen (secondary N) is 1. The van der Waals surface area contributed by atoms with Crippen molar-refractivity contribution >= 4 is 5.91 Å². The van der Waals surface area contributed by atoms with E-state index >= 15 is 0 Å². The van der Waals surface area contributed by atoms with Crippen LogP contribution in [0.25, 0.3) is 0 Å². The third-order valence-corrected chi connectivity index (χ3v) is 5.25. The molecule has 1 aromatic carbocycles. The van der Waals surface area contributed by atoms with Gasteiger partial charge in [-0.2, -0.15) is 0 Å². The Bertz CT molecular complexity index is 483. The van der Waals surface area contributed by atoms with Crippen molar-refractivity contribution in [2.45, 2.75) is 64.2 Å². The highest BCUT2D eigenvalue weighted by Gasteiger charge is 2.41. The third-order valence-electron chi connectivity index (χ3n) is 5.25. The summed E-state index contributed by atoms with van der Waals surface area (Å²) >= 11 is 0. The highest BCUT2D eigenvalue weighted by molar-refractivity contribution is 5.84. The molecule has 3 heteroatoms. The van der Waals surface area contributed by atoms with E-state index in [-0.39, 0.29) is 12.2 Å². The van der Waals surface area contributed by atoms with Crippen LogP contribution in [0.15, 0.2) is 30.3 Å². The minimum absolute atomic E-state index is 0.0114. The molecule has 2 fully saturated rings. The van der Waals surface area contributed by atoms with Crippen molar-refractivity contribution < 1.29 is 4.79 Å². The molecule has 3 atom stereocenters. The maximum absolute atomic E-state index is 12.7. The van der Waals surface area contributed by atoms with Crippen LogP contribution in [-0.2, 0) is 11.2 Å². The van der Waals surface area contributed by atoms with E-state index < -0.39 is 0 Å². The molecular formula is C18H26N2O. The molecule has 21 heavy (non-hydrogen) atoms. The average Bonchev–Trinajstić information content (AvgIpc) is 2.70. The normalized spacial score (nSPS) is 27.7. The van der Waals surface area contributed by atoms with E-state index in [1.165, 1.54) is 24.8 Å². The molecule has 0 aromatic heterocycles. The maximum Gasteiger partial charge on any atom is 0.241 e. The molecule has 1 saturated carbocycles. The summed E-state index contributed by atoms with van der Waals surface area (Å²) in [5, 5.41) is 3.48. The predicted octanol–water partition coefficient (Wildman–Crippen LogP) is 2.95. The van der Waals surface area contributed by atoms with Gasteiger partial charge in [-0.1, -0.05) is 36.8 Å². The van der Waals surface area contributed by atoms with E-state index in [2.05, 4.69) is 48.3 Å². The van der Waals surface area contributed by atoms with Gasteiger partial charge in [0, 0.05) is 6.04 Å². The van der Waals surface area contributed by atoms with E-state index in [0.29, 0.717) is 17.9 Å². The zero-order chi connectivity index (χ0) is 14.8. The summed E-state index contributed by atoms with van der Waals surface area (Å²) in [6, 6.07) is 10.8. The first-order valence-corrected chi connectivity index (χ1v) is 8.29. The number of rotatable bonds is 5. The molecule has 1 heterocycles. The van der Waals surface area contributed by atoms with E-state index in [0.717, 1.165) is 12.8 Å². The smallest absolute Gasteiger partial charge is 0.241 e. The van der Waals surface area contributed by atoms with Crippen LogP contribution >= 0.6 is 0 Å². The number of hydrogen-bond acceptors (Lipinski definition) is 2. The number of aryl methyl sites for hydroxylation is 1. The fourth-order valence-electron chi connectivity index (χ4n) is 3.68. The van der Waals surface area contributed by atoms with Crippen LogP contribution in [0.3, 0.4) is 0 Å². The molecule has 1 aliphatic heterocycles. The van der Waals surface area contributed by atoms with Crippen molar-refractivity contribution in [2.24, 2.45) is 5.92 Å². The van der Waals surface area contributed by atoms with Gasteiger partial charge in [-0.3, -0.25) is 10.1 Å². The largest absolute Gasteiger partial charge is 0.323 e. The Morgan fingerprint density at radius 1 is 1.29 bits per heavy atom. The number of nitrogens with zero attached hydrogens (tertiary/aromatic N) is 1. The molecule has 0 spiro atoms. The van der Waals surface area contributed by atoms with Crippen LogP contribution in [0.1, 0.15) is 45.1 Å². The van der Waals surface area contributed by atoms with Gasteiger partial charge in [0.2, 0.25) is 5.91 Å². The fraction of sp³-hybridized carbons (Fsp3) is 0.611. The van der Waals surface area contributed by atoms with Gasteiger partial charge in [0.25, 0.3) is 0 Å². The van der Waals surface area contributed by atoms with E-state index in [1.807, 2.05) is 6.07 Å². The number of carbonyl (C=O) groups is 1. The van der Waals surface area contributed by atoms with Crippen molar-refractivity contribution in [3.8, 4) is 0 Å². The quantitative estimate of drug-likeness (QED) is 0.902. The first-order valence-electron chi connectivity index (χ1n) is 8.29. The fourth-order valence-corrected chi connectivity index (χ4v) is 3.68. The molecule has 3 nitrogen and oxygen atoms in total. The van der Waals surface area contributed by atoms with Crippen LogP contribution in [0.4, 0.5) is 0 Å². The second kappa shape index (κ2) is 6.18. The Balaban J connectivity index is 1.59. The zero-order valence-corrected chi connectivity index (χ0v) is 13.1. The Morgan fingerprint density at radius 3 is 2.62 bits per heavy atom. The first-order chi connectivity index (χ1) is 10.2. The van der Waals surface area contributed by atoms with Crippen molar-refractivity contribution in [1.82, 2.24) is 10.2 Å². The van der Waals surface area contributed by atoms with Gasteiger partial charge < -0.3 is 4.90 Å². The van der Waals surface area contributed by atoms with E-state index in [1.54, 1.807) is 0 Å². The lowest BCUT2D eigenvalue weighted by molar-refractivity contribution is -0.133. The zero-order valence-electron chi connectivity index (χ0n) is 13.1. The molecule has 1 aromatic rings. The lowest BCUT2D eigenvalue weighted by atomic mass is 9.79. The van der Waals surface area contributed by atoms with Gasteiger partial charge in [-0.05, 0) is 51.0 Å². The molecule has 1 saturated heterocycles. The highest BCUT2D eigenvalue weighted by atomic mass is 16.2. The SMILES string of the molecule is CC1NC(CCc2ccccc2)C(=O)N1C(C)C1CCC1. The molecule has 0 radical (unpaired) electrons. The Morgan fingerprint density at radius 2 is 2.00 bits per heavy atom. The Labute approximate surface area is 127 Å². The molecule has 114 valence electrons. The molecule has 1 N–H and O–H groups in total. The van der Waals surface area contributed by atoms with Gasteiger partial charge in [0.1, 0.15) is 0 Å². The monoisotopic (exact) mass is 286 g/mol. The van der Waals surface area contributed by atoms with Crippen molar-refractivity contribution in [1.29, 1.82) is 0 Å². The lowest BCUT2D eigenvalue weighted by Crippen LogP contribution is -2.47. The molecule has 3 rings (SSSR count). The molecule has 1 amide bonds. The van der Waals surface area contributed by atoms with Gasteiger partial charge in [-0.25, -0.2) is 0 Å². The maximum atomic E-state index is 12.7. The number of benzene rings is 1. The molecule has 1 aliphatic carbocycles. The minimum Gasteiger partial charge on any atom is -0.323 e. The number of carbonyl (C=O) groups excluding carboxylic acids is 1. The van der Waals surface area contributed by atoms with Crippen molar-refractivity contribution in [3.05, 3.63) is 35.9 Å². The third kappa shape index (κ3) is 2.98. The van der Waals surface area contributed by atoms with Crippen LogP contribution in [0.2, 0.25) is 0 Å². The highest BCUT2D eigenvalue weighted by Crippen LogP contribution is 2.34. The number of hydrogen-bond donors (Lipinski definition) is 1. The standard InChI is InChI=1S/C18H26N2O/c1-13(16-9-6-10-16)20-14(2)19-17(18(20)21)12-11-15-7-4-3-5-8-15/h3-5,7-8,13-14,16-17,19H,6,9-12H2,1-2H3. The summed E-state index contributed by atoms with van der Waals surface area (Å²) in [6.45, 7) is 4.34. The summed E-state index contributed by atoms with van der Waals surface area (Å²) in [5.41, 5.74) is 1.31. The Hall–Kier alpha value is -1.35. The molecule has 2 aliphatic rings. The van der Waals surface area contributed by atoms with E-state index in [9.17, 15) is 4.79 Å². The van der Waals surface area contributed by atoms with Gasteiger partial charge >= 0.3 is 0 Å². The van der Waals surface area contributed by atoms with Gasteiger partial charge in [0.15, 0.2) is 0 Å². The van der Waals surface area contributed by atoms with Crippen molar-refractivity contribution in [3.63, 3.8) is 0 Å². The van der Waals surface area contributed by atoms with Crippen LogP contribution in [0.5, 0.6) is 0 Å². The minimum atomic E-state index is -0.0114. The lowest BCUT2D eigenvalue weighted by Gasteiger charge is -2.39. The average molecular weight is 286 g/mol. The second-order valence-corrected chi connectivity index (χ2v) is 6.60. The van der Waals surface area contributed by atoms with Gasteiger partial charge in [-0.15, -0.1) is 0 Å². The summed E-state index contributed by atoms with van der Waals surface area (Å²) < 4.78 is 0. The number of amides is 1. The predicted molar refractivity (Wildman–Crippen MR) is 84.8 cm³/mol. The summed E-state index contributed by atoms with van der Waals surface area (Å²) in [7, 11) is 0. The Kier molecular flexibility index (Phi) is 4.29. The molecule has 3 unspecified atom stereocenters. The topological polar surface area (TPSA) is 32.3 Å². The van der Waals surface area contributed by atoms with Crippen LogP contribution in [-0.4, -0.2) is 29.1 Å². The summed E-state index contributed by atoms with van der Waals surface area (Å²) in [6.07, 6.45) is 5.92. The van der Waals surface area contributed by atoms with Crippen molar-refractivity contribution in [2.75, 3.05) is 0 Å². The molecular weight excluding hydrogens is 260 g/mol. The summed E-state index contributed by atoms with van der Waals surface area (Å²) in [4.78, 5) is 14.8. The van der Waals surface area contributed by atoms with E-state index in [4.69, 9.17) is 0 Å². The van der Waals surface area contributed by atoms with Crippen LogP contribution < -0.4 is 5.32 Å². The van der Waals surface area contributed by atoms with Crippen LogP contribution in [0, 0.1) is 5.92 Å². The van der Waals surface area contributed by atoms with Gasteiger partial charge in [0.05, 0.1) is 12.2 Å². The molecule has 0 bridgehead atoms.